The Kier molecular flexibility index (Phi) is 3.89. The summed E-state index contributed by atoms with van der Waals surface area (Å²) in [5.74, 6) is 0.899. The van der Waals surface area contributed by atoms with Crippen LogP contribution in [0.2, 0.25) is 0 Å². The zero-order chi connectivity index (χ0) is 15.0. The summed E-state index contributed by atoms with van der Waals surface area (Å²) in [6.07, 6.45) is 1.49. The Morgan fingerprint density at radius 3 is 3.10 bits per heavy atom. The number of hydrogen-bond acceptors (Lipinski definition) is 3. The number of fused-ring (bicyclic) bond motifs is 1. The number of H-pyrrole nitrogens is 1. The van der Waals surface area contributed by atoms with Gasteiger partial charge < -0.3 is 9.88 Å². The minimum atomic E-state index is -0.415. The second-order valence-corrected chi connectivity index (χ2v) is 7.00. The molecule has 1 amide bonds. The first-order chi connectivity index (χ1) is 10.1. The summed E-state index contributed by atoms with van der Waals surface area (Å²) in [5, 5.41) is 0.436. The monoisotopic (exact) mass is 307 g/mol. The van der Waals surface area contributed by atoms with Crippen molar-refractivity contribution < 1.29 is 9.18 Å². The maximum Gasteiger partial charge on any atom is 0.256 e. The summed E-state index contributed by atoms with van der Waals surface area (Å²) < 4.78 is 13.7. The molecule has 112 valence electrons. The van der Waals surface area contributed by atoms with Gasteiger partial charge in [-0.05, 0) is 18.1 Å². The van der Waals surface area contributed by atoms with E-state index in [9.17, 15) is 9.18 Å². The highest BCUT2D eigenvalue weighted by molar-refractivity contribution is 8.00. The molecule has 0 radical (unpaired) electrons. The Morgan fingerprint density at radius 2 is 2.33 bits per heavy atom. The number of nitrogens with one attached hydrogen (secondary N) is 1. The van der Waals surface area contributed by atoms with E-state index in [0.29, 0.717) is 40.9 Å². The van der Waals surface area contributed by atoms with Gasteiger partial charge in [-0.1, -0.05) is 13.8 Å². The van der Waals surface area contributed by atoms with Gasteiger partial charge in [0.25, 0.3) is 5.91 Å². The van der Waals surface area contributed by atoms with Crippen molar-refractivity contribution >= 4 is 28.7 Å². The van der Waals surface area contributed by atoms with Gasteiger partial charge in [0, 0.05) is 24.1 Å². The lowest BCUT2D eigenvalue weighted by Crippen LogP contribution is -2.43. The first-order valence-electron chi connectivity index (χ1n) is 7.10. The number of aromatic nitrogens is 2. The standard InChI is InChI=1S/C15H18FN3OS/c1-9(2)13-7-19(3-4-21-13)15(20)11-5-10(16)6-12-14(11)18-8-17-12/h5-6,8-9,13H,3-4,7H2,1-2H3,(H,17,18)/t13-/m0/s1. The van der Waals surface area contributed by atoms with E-state index in [1.54, 1.807) is 0 Å². The van der Waals surface area contributed by atoms with E-state index >= 15 is 0 Å². The zero-order valence-corrected chi connectivity index (χ0v) is 12.9. The van der Waals surface area contributed by atoms with Gasteiger partial charge in [-0.2, -0.15) is 11.8 Å². The minimum absolute atomic E-state index is 0.127. The fourth-order valence-electron chi connectivity index (χ4n) is 2.61. The van der Waals surface area contributed by atoms with Gasteiger partial charge in [0.15, 0.2) is 0 Å². The first-order valence-corrected chi connectivity index (χ1v) is 8.14. The van der Waals surface area contributed by atoms with Gasteiger partial charge in [-0.25, -0.2) is 9.37 Å². The average molecular weight is 307 g/mol. The molecule has 1 aliphatic heterocycles. The van der Waals surface area contributed by atoms with Crippen LogP contribution in [0.5, 0.6) is 0 Å². The van der Waals surface area contributed by atoms with Crippen molar-refractivity contribution in [3.63, 3.8) is 0 Å². The number of amides is 1. The van der Waals surface area contributed by atoms with Crippen LogP contribution in [0.1, 0.15) is 24.2 Å². The van der Waals surface area contributed by atoms with E-state index in [4.69, 9.17) is 0 Å². The summed E-state index contributed by atoms with van der Waals surface area (Å²) >= 11 is 1.91. The highest BCUT2D eigenvalue weighted by atomic mass is 32.2. The van der Waals surface area contributed by atoms with Crippen LogP contribution in [0.3, 0.4) is 0 Å². The molecule has 4 nitrogen and oxygen atoms in total. The molecule has 1 aromatic heterocycles. The van der Waals surface area contributed by atoms with Crippen LogP contribution in [-0.2, 0) is 0 Å². The molecule has 6 heteroatoms. The van der Waals surface area contributed by atoms with Gasteiger partial charge in [0.05, 0.1) is 17.4 Å². The molecule has 3 rings (SSSR count). The molecule has 1 N–H and O–H groups in total. The third-order valence-corrected chi connectivity index (χ3v) is 5.38. The Hall–Kier alpha value is -1.56. The largest absolute Gasteiger partial charge is 0.344 e. The normalized spacial score (nSPS) is 19.4. The van der Waals surface area contributed by atoms with Crippen LogP contribution in [0.4, 0.5) is 4.39 Å². The summed E-state index contributed by atoms with van der Waals surface area (Å²) in [6, 6.07) is 2.65. The molecule has 21 heavy (non-hydrogen) atoms. The zero-order valence-electron chi connectivity index (χ0n) is 12.1. The number of carbonyl (C=O) groups is 1. The van der Waals surface area contributed by atoms with Crippen molar-refractivity contribution in [2.45, 2.75) is 19.1 Å². The van der Waals surface area contributed by atoms with Crippen molar-refractivity contribution in [2.75, 3.05) is 18.8 Å². The van der Waals surface area contributed by atoms with E-state index in [2.05, 4.69) is 23.8 Å². The highest BCUT2D eigenvalue weighted by Crippen LogP contribution is 2.27. The predicted octanol–water partition coefficient (Wildman–Crippen LogP) is 2.92. The molecule has 1 saturated heterocycles. The van der Waals surface area contributed by atoms with Gasteiger partial charge in [0.1, 0.15) is 11.3 Å². The van der Waals surface area contributed by atoms with Crippen LogP contribution < -0.4 is 0 Å². The molecule has 2 aromatic rings. The molecule has 0 saturated carbocycles. The van der Waals surface area contributed by atoms with Crippen LogP contribution in [0, 0.1) is 11.7 Å². The van der Waals surface area contributed by atoms with Gasteiger partial charge in [0.2, 0.25) is 0 Å². The fourth-order valence-corrected chi connectivity index (χ4v) is 3.91. The summed E-state index contributed by atoms with van der Waals surface area (Å²) in [7, 11) is 0. The Balaban J connectivity index is 1.91. The van der Waals surface area contributed by atoms with Crippen LogP contribution in [0.15, 0.2) is 18.5 Å². The van der Waals surface area contributed by atoms with Crippen molar-refractivity contribution in [2.24, 2.45) is 5.92 Å². The van der Waals surface area contributed by atoms with Gasteiger partial charge in [-0.3, -0.25) is 4.79 Å². The second-order valence-electron chi connectivity index (χ2n) is 5.66. The third kappa shape index (κ3) is 2.77. The molecule has 0 unspecified atom stereocenters. The molecule has 1 aromatic carbocycles. The molecular weight excluding hydrogens is 289 g/mol. The molecule has 2 heterocycles. The van der Waals surface area contributed by atoms with Crippen molar-refractivity contribution in [3.05, 3.63) is 29.8 Å². The number of carbonyl (C=O) groups excluding carboxylic acids is 1. The summed E-state index contributed by atoms with van der Waals surface area (Å²) in [4.78, 5) is 21.6. The Bertz CT molecular complexity index is 670. The van der Waals surface area contributed by atoms with E-state index in [-0.39, 0.29) is 5.91 Å². The quantitative estimate of drug-likeness (QED) is 0.928. The number of rotatable bonds is 2. The van der Waals surface area contributed by atoms with Crippen LogP contribution in [0.25, 0.3) is 11.0 Å². The number of hydrogen-bond donors (Lipinski definition) is 1. The van der Waals surface area contributed by atoms with E-state index in [0.717, 1.165) is 5.75 Å². The number of aromatic amines is 1. The van der Waals surface area contributed by atoms with Crippen molar-refractivity contribution in [3.8, 4) is 0 Å². The smallest absolute Gasteiger partial charge is 0.256 e. The number of halogens is 1. The molecule has 0 bridgehead atoms. The highest BCUT2D eigenvalue weighted by Gasteiger charge is 2.28. The lowest BCUT2D eigenvalue weighted by atomic mass is 10.1. The molecule has 1 fully saturated rings. The maximum absolute atomic E-state index is 13.7. The predicted molar refractivity (Wildman–Crippen MR) is 83.0 cm³/mol. The molecule has 0 aliphatic carbocycles. The average Bonchev–Trinajstić information content (AvgIpc) is 2.93. The Labute approximate surface area is 127 Å². The van der Waals surface area contributed by atoms with Crippen molar-refractivity contribution in [1.29, 1.82) is 0 Å². The molecule has 0 spiro atoms. The summed E-state index contributed by atoms with van der Waals surface area (Å²) in [5.41, 5.74) is 1.45. The van der Waals surface area contributed by atoms with E-state index in [1.807, 2.05) is 16.7 Å². The number of benzene rings is 1. The van der Waals surface area contributed by atoms with Crippen LogP contribution in [-0.4, -0.2) is 44.9 Å². The minimum Gasteiger partial charge on any atom is -0.344 e. The fraction of sp³-hybridized carbons (Fsp3) is 0.467. The SMILES string of the molecule is CC(C)[C@@H]1CN(C(=O)c2cc(F)cc3[nH]cnc23)CCS1. The lowest BCUT2D eigenvalue weighted by molar-refractivity contribution is 0.0757. The second kappa shape index (κ2) is 5.67. The van der Waals surface area contributed by atoms with E-state index in [1.165, 1.54) is 18.5 Å². The third-order valence-electron chi connectivity index (χ3n) is 3.84. The van der Waals surface area contributed by atoms with E-state index < -0.39 is 5.82 Å². The first kappa shape index (κ1) is 14.4. The summed E-state index contributed by atoms with van der Waals surface area (Å²) in [6.45, 7) is 5.75. The molecule has 1 aliphatic rings. The number of nitrogens with zero attached hydrogens (tertiary/aromatic N) is 2. The lowest BCUT2D eigenvalue weighted by Gasteiger charge is -2.34. The number of thioether (sulfide) groups is 1. The van der Waals surface area contributed by atoms with Crippen LogP contribution >= 0.6 is 11.8 Å². The molecule has 1 atom stereocenters. The number of imidazole rings is 1. The van der Waals surface area contributed by atoms with Gasteiger partial charge >= 0.3 is 0 Å². The maximum atomic E-state index is 13.7. The molecular formula is C15H18FN3OS. The van der Waals surface area contributed by atoms with Gasteiger partial charge in [-0.15, -0.1) is 0 Å². The van der Waals surface area contributed by atoms with Crippen molar-refractivity contribution in [1.82, 2.24) is 14.9 Å². The topological polar surface area (TPSA) is 49.0 Å². The Morgan fingerprint density at radius 1 is 1.52 bits per heavy atom.